The molecule has 3 aromatic rings. The Balaban J connectivity index is 2.11. The van der Waals surface area contributed by atoms with Crippen molar-refractivity contribution in [1.82, 2.24) is 0 Å². The van der Waals surface area contributed by atoms with Crippen LogP contribution in [0.3, 0.4) is 0 Å². The van der Waals surface area contributed by atoms with E-state index >= 15 is 0 Å². The molecule has 1 amide bonds. The summed E-state index contributed by atoms with van der Waals surface area (Å²) in [6.45, 7) is 1.45. The van der Waals surface area contributed by atoms with Gasteiger partial charge in [-0.05, 0) is 29.8 Å². The van der Waals surface area contributed by atoms with Crippen LogP contribution in [-0.4, -0.2) is 17.0 Å². The highest BCUT2D eigenvalue weighted by Crippen LogP contribution is 2.31. The Morgan fingerprint density at radius 3 is 2.62 bits per heavy atom. The van der Waals surface area contributed by atoms with E-state index in [4.69, 9.17) is 9.52 Å². The maximum Gasteiger partial charge on any atom is 0.307 e. The van der Waals surface area contributed by atoms with E-state index in [0.29, 0.717) is 22.4 Å². The molecule has 0 aliphatic carbocycles. The molecular formula is C16H13NO4. The predicted octanol–water partition coefficient (Wildman–Crippen LogP) is 3.17. The van der Waals surface area contributed by atoms with Gasteiger partial charge < -0.3 is 14.8 Å². The molecule has 106 valence electrons. The summed E-state index contributed by atoms with van der Waals surface area (Å²) in [5.74, 6) is -1.01. The zero-order valence-corrected chi connectivity index (χ0v) is 11.3. The number of carboxylic acid groups (broad SMARTS) is 1. The van der Waals surface area contributed by atoms with Gasteiger partial charge in [0.25, 0.3) is 0 Å². The Morgan fingerprint density at radius 2 is 1.90 bits per heavy atom. The van der Waals surface area contributed by atoms with Gasteiger partial charge in [-0.3, -0.25) is 9.59 Å². The molecule has 0 saturated carbocycles. The summed E-state index contributed by atoms with van der Waals surface area (Å²) in [5, 5.41) is 13.3. The molecular weight excluding hydrogens is 270 g/mol. The van der Waals surface area contributed by atoms with E-state index in [9.17, 15) is 9.59 Å². The molecule has 0 aliphatic heterocycles. The molecule has 2 N–H and O–H groups in total. The molecule has 0 spiro atoms. The molecule has 2 aromatic carbocycles. The summed E-state index contributed by atoms with van der Waals surface area (Å²) in [6, 6.07) is 10.8. The third-order valence-corrected chi connectivity index (χ3v) is 3.21. The van der Waals surface area contributed by atoms with Crippen molar-refractivity contribution in [2.45, 2.75) is 13.3 Å². The van der Waals surface area contributed by atoms with Crippen molar-refractivity contribution in [2.24, 2.45) is 0 Å². The van der Waals surface area contributed by atoms with Crippen LogP contribution < -0.4 is 5.32 Å². The molecule has 0 radical (unpaired) electrons. The Kier molecular flexibility index (Phi) is 3.10. The number of aliphatic carboxylic acids is 1. The topological polar surface area (TPSA) is 79.5 Å². The summed E-state index contributed by atoms with van der Waals surface area (Å²) < 4.78 is 5.73. The van der Waals surface area contributed by atoms with Crippen LogP contribution in [0.1, 0.15) is 12.5 Å². The first-order valence-electron chi connectivity index (χ1n) is 6.47. The van der Waals surface area contributed by atoms with Crippen LogP contribution in [0.25, 0.3) is 21.9 Å². The first kappa shape index (κ1) is 13.2. The number of carbonyl (C=O) groups excluding carboxylic acids is 1. The summed E-state index contributed by atoms with van der Waals surface area (Å²) in [4.78, 5) is 21.9. The molecule has 0 fully saturated rings. The predicted molar refractivity (Wildman–Crippen MR) is 79.4 cm³/mol. The van der Waals surface area contributed by atoms with Gasteiger partial charge in [-0.15, -0.1) is 0 Å². The number of benzene rings is 2. The van der Waals surface area contributed by atoms with Crippen molar-refractivity contribution in [3.8, 4) is 0 Å². The van der Waals surface area contributed by atoms with Crippen LogP contribution in [0.2, 0.25) is 0 Å². The number of fused-ring (bicyclic) bond motifs is 3. The minimum absolute atomic E-state index is 0.0376. The van der Waals surface area contributed by atoms with Crippen molar-refractivity contribution in [1.29, 1.82) is 0 Å². The Bertz CT molecular complexity index is 863. The van der Waals surface area contributed by atoms with Gasteiger partial charge in [0.15, 0.2) is 0 Å². The van der Waals surface area contributed by atoms with Gasteiger partial charge >= 0.3 is 5.97 Å². The number of carbonyl (C=O) groups is 2. The van der Waals surface area contributed by atoms with E-state index in [1.165, 1.54) is 6.92 Å². The van der Waals surface area contributed by atoms with E-state index in [1.54, 1.807) is 24.3 Å². The van der Waals surface area contributed by atoms with Crippen LogP contribution in [0.4, 0.5) is 5.69 Å². The third kappa shape index (κ3) is 2.58. The van der Waals surface area contributed by atoms with Crippen LogP contribution in [0, 0.1) is 0 Å². The smallest absolute Gasteiger partial charge is 0.307 e. The minimum Gasteiger partial charge on any atom is -0.481 e. The summed E-state index contributed by atoms with van der Waals surface area (Å²) in [6.07, 6.45) is -0.0376. The fourth-order valence-corrected chi connectivity index (χ4v) is 2.39. The maximum absolute atomic E-state index is 11.1. The number of amides is 1. The normalized spacial score (nSPS) is 10.9. The van der Waals surface area contributed by atoms with Crippen LogP contribution >= 0.6 is 0 Å². The molecule has 0 atom stereocenters. The molecule has 21 heavy (non-hydrogen) atoms. The van der Waals surface area contributed by atoms with Gasteiger partial charge in [-0.25, -0.2) is 0 Å². The number of anilines is 1. The van der Waals surface area contributed by atoms with E-state index in [-0.39, 0.29) is 12.3 Å². The zero-order valence-electron chi connectivity index (χ0n) is 11.3. The molecule has 3 rings (SSSR count). The van der Waals surface area contributed by atoms with Gasteiger partial charge in [0.05, 0.1) is 6.42 Å². The van der Waals surface area contributed by atoms with Crippen molar-refractivity contribution >= 4 is 39.5 Å². The maximum atomic E-state index is 11.1. The number of furan rings is 1. The summed E-state index contributed by atoms with van der Waals surface area (Å²) >= 11 is 0. The van der Waals surface area contributed by atoms with Crippen LogP contribution in [0.5, 0.6) is 0 Å². The average Bonchev–Trinajstić information content (AvgIpc) is 2.74. The first-order valence-corrected chi connectivity index (χ1v) is 6.47. The lowest BCUT2D eigenvalue weighted by Gasteiger charge is -2.00. The Morgan fingerprint density at radius 1 is 1.10 bits per heavy atom. The highest BCUT2D eigenvalue weighted by Gasteiger charge is 2.10. The largest absolute Gasteiger partial charge is 0.481 e. The molecule has 0 aliphatic rings. The Hall–Kier alpha value is -2.82. The van der Waals surface area contributed by atoms with Crippen LogP contribution in [0.15, 0.2) is 40.8 Å². The number of carboxylic acids is 1. The quantitative estimate of drug-likeness (QED) is 0.773. The van der Waals surface area contributed by atoms with E-state index < -0.39 is 5.97 Å². The van der Waals surface area contributed by atoms with Crippen molar-refractivity contribution in [3.63, 3.8) is 0 Å². The van der Waals surface area contributed by atoms with Gasteiger partial charge in [0.2, 0.25) is 5.91 Å². The lowest BCUT2D eigenvalue weighted by atomic mass is 10.1. The number of rotatable bonds is 3. The molecule has 0 unspecified atom stereocenters. The minimum atomic E-state index is -0.876. The number of hydrogen-bond acceptors (Lipinski definition) is 3. The summed E-state index contributed by atoms with van der Waals surface area (Å²) in [7, 11) is 0. The molecule has 5 nitrogen and oxygen atoms in total. The van der Waals surface area contributed by atoms with Gasteiger partial charge in [-0.2, -0.15) is 0 Å². The van der Waals surface area contributed by atoms with Gasteiger partial charge in [0.1, 0.15) is 11.2 Å². The molecule has 0 saturated heterocycles. The second-order valence-electron chi connectivity index (χ2n) is 4.90. The Labute approximate surface area is 120 Å². The summed E-state index contributed by atoms with van der Waals surface area (Å²) in [5.41, 5.74) is 2.73. The van der Waals surface area contributed by atoms with Gasteiger partial charge in [0, 0.05) is 23.4 Å². The SMILES string of the molecule is CC(=O)Nc1ccc2oc3cc(CC(=O)O)ccc3c2c1. The fraction of sp³-hybridized carbons (Fsp3) is 0.125. The molecule has 5 heteroatoms. The van der Waals surface area contributed by atoms with E-state index in [2.05, 4.69) is 5.32 Å². The monoisotopic (exact) mass is 283 g/mol. The van der Waals surface area contributed by atoms with E-state index in [0.717, 1.165) is 10.8 Å². The van der Waals surface area contributed by atoms with Crippen molar-refractivity contribution < 1.29 is 19.1 Å². The highest BCUT2D eigenvalue weighted by atomic mass is 16.4. The standard InChI is InChI=1S/C16H13NO4/c1-9(18)17-11-3-5-14-13(8-11)12-4-2-10(7-16(19)20)6-15(12)21-14/h2-6,8H,7H2,1H3,(H,17,18)(H,19,20). The molecule has 1 heterocycles. The fourth-order valence-electron chi connectivity index (χ4n) is 2.39. The lowest BCUT2D eigenvalue weighted by Crippen LogP contribution is -2.05. The van der Waals surface area contributed by atoms with Gasteiger partial charge in [-0.1, -0.05) is 12.1 Å². The first-order chi connectivity index (χ1) is 10.0. The average molecular weight is 283 g/mol. The second-order valence-corrected chi connectivity index (χ2v) is 4.90. The number of nitrogens with one attached hydrogen (secondary N) is 1. The molecule has 1 aromatic heterocycles. The second kappa shape index (κ2) is 4.94. The van der Waals surface area contributed by atoms with Crippen molar-refractivity contribution in [2.75, 3.05) is 5.32 Å². The van der Waals surface area contributed by atoms with Crippen molar-refractivity contribution in [3.05, 3.63) is 42.0 Å². The lowest BCUT2D eigenvalue weighted by molar-refractivity contribution is -0.136. The van der Waals surface area contributed by atoms with E-state index in [1.807, 2.05) is 12.1 Å². The molecule has 0 bridgehead atoms. The third-order valence-electron chi connectivity index (χ3n) is 3.21. The highest BCUT2D eigenvalue weighted by molar-refractivity contribution is 6.07. The van der Waals surface area contributed by atoms with Crippen LogP contribution in [-0.2, 0) is 16.0 Å². The number of hydrogen-bond donors (Lipinski definition) is 2. The zero-order chi connectivity index (χ0) is 15.0.